The van der Waals surface area contributed by atoms with E-state index >= 15 is 0 Å². The number of carboxylic acid groups (broad SMARTS) is 1. The number of quaternary nitrogens is 1. The van der Waals surface area contributed by atoms with E-state index in [1.807, 2.05) is 21.1 Å². The second kappa shape index (κ2) is 47.3. The molecule has 0 aromatic carbocycles. The fourth-order valence-electron chi connectivity index (χ4n) is 7.53. The van der Waals surface area contributed by atoms with E-state index in [1.165, 1.54) is 103 Å². The first kappa shape index (κ1) is 61.8. The largest absolute Gasteiger partial charge is 0.477 e. The first-order valence-corrected chi connectivity index (χ1v) is 26.5. The zero-order chi connectivity index (χ0) is 47.7. The topological polar surface area (TPSA) is 99.1 Å². The lowest BCUT2D eigenvalue weighted by Crippen LogP contribution is -2.50. The van der Waals surface area contributed by atoms with Gasteiger partial charge in [-0.05, 0) is 83.5 Å². The Labute approximate surface area is 400 Å². The number of carbonyl (C=O) groups is 3. The van der Waals surface area contributed by atoms with Crippen molar-refractivity contribution in [2.45, 2.75) is 231 Å². The van der Waals surface area contributed by atoms with E-state index in [4.69, 9.17) is 14.2 Å². The average molecular weight is 911 g/mol. The van der Waals surface area contributed by atoms with E-state index in [-0.39, 0.29) is 36.2 Å². The second-order valence-corrected chi connectivity index (χ2v) is 18.7. The Hall–Kier alpha value is -3.23. The zero-order valence-corrected chi connectivity index (χ0v) is 42.7. The van der Waals surface area contributed by atoms with Gasteiger partial charge in [-0.25, -0.2) is 4.79 Å². The number of aliphatic carboxylic acids is 1. The summed E-state index contributed by atoms with van der Waals surface area (Å²) in [6, 6.07) is -0.621. The molecule has 0 rings (SSSR count). The van der Waals surface area contributed by atoms with Gasteiger partial charge in [0.2, 0.25) is 0 Å². The number of rotatable bonds is 47. The van der Waals surface area contributed by atoms with Crippen LogP contribution < -0.4 is 0 Å². The molecule has 0 amide bonds. The van der Waals surface area contributed by atoms with Gasteiger partial charge < -0.3 is 23.8 Å². The van der Waals surface area contributed by atoms with Crippen molar-refractivity contribution in [2.24, 2.45) is 0 Å². The van der Waals surface area contributed by atoms with Crippen LogP contribution in [-0.4, -0.2) is 80.6 Å². The maximum absolute atomic E-state index is 12.8. The maximum Gasteiger partial charge on any atom is 0.362 e. The predicted octanol–water partition coefficient (Wildman–Crippen LogP) is 15.5. The molecule has 0 spiro atoms. The summed E-state index contributed by atoms with van der Waals surface area (Å²) in [6.45, 7) is 4.62. The summed E-state index contributed by atoms with van der Waals surface area (Å²) >= 11 is 0. The smallest absolute Gasteiger partial charge is 0.362 e. The number of ether oxygens (including phenoxy) is 3. The number of likely N-dealkylation sites (N-methyl/N-ethyl adjacent to an activating group) is 1. The lowest BCUT2D eigenvalue weighted by atomic mass is 10.1. The normalized spacial score (nSPS) is 13.4. The number of hydrogen-bond donors (Lipinski definition) is 1. The third-order valence-corrected chi connectivity index (χ3v) is 11.6. The monoisotopic (exact) mass is 911 g/mol. The quantitative estimate of drug-likeness (QED) is 0.0281. The van der Waals surface area contributed by atoms with Crippen molar-refractivity contribution in [3.05, 3.63) is 72.9 Å². The zero-order valence-electron chi connectivity index (χ0n) is 42.7. The Morgan fingerprint density at radius 2 is 0.862 bits per heavy atom. The first-order chi connectivity index (χ1) is 31.6. The second-order valence-electron chi connectivity index (χ2n) is 18.7. The third kappa shape index (κ3) is 45.7. The van der Waals surface area contributed by atoms with Crippen molar-refractivity contribution in [2.75, 3.05) is 41.0 Å². The molecule has 0 fully saturated rings. The molecule has 0 aliphatic heterocycles. The highest BCUT2D eigenvalue weighted by molar-refractivity contribution is 5.72. The van der Waals surface area contributed by atoms with Gasteiger partial charge in [-0.2, -0.15) is 0 Å². The van der Waals surface area contributed by atoms with Gasteiger partial charge in [-0.1, -0.05) is 189 Å². The Bertz CT molecular complexity index is 1290. The summed E-state index contributed by atoms with van der Waals surface area (Å²) in [5.41, 5.74) is 0. The molecular weight excluding hydrogens is 811 g/mol. The first-order valence-electron chi connectivity index (χ1n) is 26.5. The van der Waals surface area contributed by atoms with Crippen molar-refractivity contribution in [3.8, 4) is 0 Å². The van der Waals surface area contributed by atoms with E-state index in [1.54, 1.807) is 0 Å². The number of hydrogen-bond acceptors (Lipinski definition) is 6. The summed E-state index contributed by atoms with van der Waals surface area (Å²) in [5.74, 6) is -1.49. The lowest BCUT2D eigenvalue weighted by Gasteiger charge is -2.31. The molecule has 0 aliphatic rings. The summed E-state index contributed by atoms with van der Waals surface area (Å²) in [6.07, 6.45) is 60.9. The van der Waals surface area contributed by atoms with Crippen LogP contribution in [0.1, 0.15) is 219 Å². The van der Waals surface area contributed by atoms with Crippen LogP contribution in [0, 0.1) is 0 Å². The number of allylic oxidation sites excluding steroid dienone is 12. The highest BCUT2D eigenvalue weighted by Gasteiger charge is 2.31. The average Bonchev–Trinajstić information content (AvgIpc) is 3.27. The minimum atomic E-state index is -0.879. The van der Waals surface area contributed by atoms with Gasteiger partial charge in [0.1, 0.15) is 6.61 Å². The molecule has 8 heteroatoms. The summed E-state index contributed by atoms with van der Waals surface area (Å²) in [4.78, 5) is 37.2. The van der Waals surface area contributed by atoms with Crippen molar-refractivity contribution in [1.29, 1.82) is 0 Å². The van der Waals surface area contributed by atoms with Gasteiger partial charge in [-0.3, -0.25) is 9.59 Å². The van der Waals surface area contributed by atoms with Crippen LogP contribution in [0.3, 0.4) is 0 Å². The van der Waals surface area contributed by atoms with Crippen molar-refractivity contribution < 1.29 is 38.2 Å². The summed E-state index contributed by atoms with van der Waals surface area (Å²) < 4.78 is 17.4. The van der Waals surface area contributed by atoms with Crippen molar-refractivity contribution in [1.82, 2.24) is 0 Å². The van der Waals surface area contributed by atoms with Crippen molar-refractivity contribution in [3.63, 3.8) is 0 Å². The Morgan fingerprint density at radius 1 is 0.477 bits per heavy atom. The molecule has 2 unspecified atom stereocenters. The van der Waals surface area contributed by atoms with Gasteiger partial charge in [0.05, 0.1) is 34.4 Å². The highest BCUT2D eigenvalue weighted by Crippen LogP contribution is 2.15. The predicted molar refractivity (Wildman–Crippen MR) is 275 cm³/mol. The van der Waals surface area contributed by atoms with Crippen LogP contribution in [0.4, 0.5) is 0 Å². The van der Waals surface area contributed by atoms with Gasteiger partial charge >= 0.3 is 17.9 Å². The van der Waals surface area contributed by atoms with Gasteiger partial charge in [0.25, 0.3) is 0 Å². The van der Waals surface area contributed by atoms with Gasteiger partial charge in [0, 0.05) is 19.3 Å². The molecule has 0 bridgehead atoms. The number of esters is 2. The van der Waals surface area contributed by atoms with Crippen LogP contribution in [0.25, 0.3) is 0 Å². The van der Waals surface area contributed by atoms with E-state index < -0.39 is 18.1 Å². The molecule has 0 aliphatic carbocycles. The SMILES string of the molecule is CC/C=C/C/C=C/C/C=C/C/C=C/C/C=C/CCCCCCCCC(=O)OCC(COCCC(C(=O)O)[N+](C)(C)C)OC(=O)CCCCCCCCC/C=C/CCCCCCCCCC. The van der Waals surface area contributed by atoms with E-state index in [9.17, 15) is 19.5 Å². The Kier molecular flexibility index (Phi) is 44.9. The van der Waals surface area contributed by atoms with Crippen molar-refractivity contribution >= 4 is 17.9 Å². The molecule has 1 N–H and O–H groups in total. The maximum atomic E-state index is 12.8. The van der Waals surface area contributed by atoms with Crippen LogP contribution >= 0.6 is 0 Å². The molecular formula is C57H100NO7+. The number of nitrogens with zero attached hydrogens (tertiary/aromatic N) is 1. The molecule has 0 aromatic rings. The van der Waals surface area contributed by atoms with Crippen LogP contribution in [0.15, 0.2) is 72.9 Å². The fourth-order valence-corrected chi connectivity index (χ4v) is 7.53. The third-order valence-electron chi connectivity index (χ3n) is 11.6. The van der Waals surface area contributed by atoms with E-state index in [2.05, 4.69) is 86.8 Å². The molecule has 0 heterocycles. The number of carboxylic acids is 1. The van der Waals surface area contributed by atoms with Crippen LogP contribution in [-0.2, 0) is 28.6 Å². The van der Waals surface area contributed by atoms with Gasteiger partial charge in [-0.15, -0.1) is 0 Å². The Balaban J connectivity index is 4.28. The van der Waals surface area contributed by atoms with Crippen LogP contribution in [0.2, 0.25) is 0 Å². The minimum Gasteiger partial charge on any atom is -0.477 e. The molecule has 0 saturated carbocycles. The standard InChI is InChI=1S/C57H99NO7/c1-6-8-10-12-14-16-18-20-22-24-26-27-28-30-31-33-35-37-39-41-43-45-47-55(59)64-52-53(51-63-50-49-54(57(61)62)58(3,4)5)65-56(60)48-46-44-42-40-38-36-34-32-29-25-23-21-19-17-15-13-11-9-7-2/h8,10,14,16,20,22,25-27,29-31,53-54H,6-7,9,11-13,15,17-19,21,23-24,28,32-52H2,1-5H3/p+1/b10-8+,16-14+,22-20+,27-26+,29-25+,31-30+. The van der Waals surface area contributed by atoms with E-state index in [0.29, 0.717) is 19.3 Å². The fraction of sp³-hybridized carbons (Fsp3) is 0.737. The molecule has 2 atom stereocenters. The number of carbonyl (C=O) groups excluding carboxylic acids is 2. The Morgan fingerprint density at radius 3 is 1.29 bits per heavy atom. The molecule has 8 nitrogen and oxygen atoms in total. The van der Waals surface area contributed by atoms with Gasteiger partial charge in [0.15, 0.2) is 12.1 Å². The summed E-state index contributed by atoms with van der Waals surface area (Å²) in [5, 5.41) is 9.66. The molecule has 0 saturated heterocycles. The minimum absolute atomic E-state index is 0.0521. The molecule has 0 radical (unpaired) electrons. The van der Waals surface area contributed by atoms with E-state index in [0.717, 1.165) is 83.5 Å². The lowest BCUT2D eigenvalue weighted by molar-refractivity contribution is -0.887. The molecule has 65 heavy (non-hydrogen) atoms. The molecule has 0 aromatic heterocycles. The van der Waals surface area contributed by atoms with Crippen LogP contribution in [0.5, 0.6) is 0 Å². The molecule has 374 valence electrons. The highest BCUT2D eigenvalue weighted by atomic mass is 16.6. The summed E-state index contributed by atoms with van der Waals surface area (Å²) in [7, 11) is 5.53. The number of unbranched alkanes of at least 4 members (excludes halogenated alkanes) is 21.